The molecule has 0 fully saturated rings. The minimum Gasteiger partial charge on any atom is -0.487 e. The molecular weight excluding hydrogens is 488 g/mol. The van der Waals surface area contributed by atoms with Gasteiger partial charge >= 0.3 is 0 Å². The molecule has 3 rings (SSSR count). The van der Waals surface area contributed by atoms with E-state index in [1.165, 1.54) is 10.4 Å². The second-order valence-corrected chi connectivity index (χ2v) is 12.1. The first-order valence-corrected chi connectivity index (χ1v) is 14.2. The summed E-state index contributed by atoms with van der Waals surface area (Å²) in [6, 6.07) is 13.8. The van der Waals surface area contributed by atoms with Crippen LogP contribution in [0.15, 0.2) is 53.4 Å². The zero-order chi connectivity index (χ0) is 27.2. The highest BCUT2D eigenvalue weighted by Gasteiger charge is 2.38. The van der Waals surface area contributed by atoms with E-state index < -0.39 is 22.2 Å². The number of nitrogens with zero attached hydrogens (tertiary/aromatic N) is 2. The summed E-state index contributed by atoms with van der Waals surface area (Å²) in [7, 11) is -2.19. The zero-order valence-electron chi connectivity index (χ0n) is 22.3. The molecule has 2 aromatic carbocycles. The zero-order valence-corrected chi connectivity index (χ0v) is 23.2. The number of aliphatic hydroxyl groups is 1. The first-order valence-electron chi connectivity index (χ1n) is 12.7. The van der Waals surface area contributed by atoms with E-state index in [9.17, 15) is 18.3 Å². The molecule has 0 aromatic heterocycles. The van der Waals surface area contributed by atoms with Crippen molar-refractivity contribution >= 4 is 15.9 Å². The molecule has 3 atom stereocenters. The Morgan fingerprint density at radius 2 is 1.89 bits per heavy atom. The molecule has 0 saturated heterocycles. The van der Waals surface area contributed by atoms with Gasteiger partial charge in [0.2, 0.25) is 15.9 Å². The number of carbonyl (C=O) groups is 1. The van der Waals surface area contributed by atoms with E-state index in [4.69, 9.17) is 4.74 Å². The molecule has 0 saturated carbocycles. The Labute approximate surface area is 221 Å². The summed E-state index contributed by atoms with van der Waals surface area (Å²) in [6.07, 6.45) is 0.532. The summed E-state index contributed by atoms with van der Waals surface area (Å²) < 4.78 is 34.9. The van der Waals surface area contributed by atoms with Crippen LogP contribution in [0.1, 0.15) is 45.2 Å². The molecule has 1 aliphatic heterocycles. The maximum absolute atomic E-state index is 13.6. The molecule has 8 heteroatoms. The van der Waals surface area contributed by atoms with E-state index in [1.54, 1.807) is 31.0 Å². The summed E-state index contributed by atoms with van der Waals surface area (Å²) in [5.74, 6) is 6.58. The van der Waals surface area contributed by atoms with Gasteiger partial charge in [-0.3, -0.25) is 4.79 Å². The van der Waals surface area contributed by atoms with Crippen molar-refractivity contribution in [2.24, 2.45) is 11.8 Å². The van der Waals surface area contributed by atoms with E-state index in [2.05, 4.69) is 25.7 Å². The number of hydrogen-bond acceptors (Lipinski definition) is 5. The second-order valence-electron chi connectivity index (χ2n) is 10.2. The number of sulfonamides is 1. The lowest BCUT2D eigenvalue weighted by Crippen LogP contribution is -2.50. The van der Waals surface area contributed by atoms with Crippen LogP contribution in [-0.2, 0) is 21.2 Å². The first-order chi connectivity index (χ1) is 17.5. The lowest BCUT2D eigenvalue weighted by Gasteiger charge is -2.37. The van der Waals surface area contributed by atoms with Crippen molar-refractivity contribution in [2.45, 2.75) is 57.6 Å². The van der Waals surface area contributed by atoms with Crippen LogP contribution in [0.4, 0.5) is 0 Å². The molecule has 0 aliphatic carbocycles. The highest BCUT2D eigenvalue weighted by molar-refractivity contribution is 7.89. The van der Waals surface area contributed by atoms with E-state index >= 15 is 0 Å². The summed E-state index contributed by atoms with van der Waals surface area (Å²) in [5.41, 5.74) is 1.59. The van der Waals surface area contributed by atoms with Crippen molar-refractivity contribution in [3.8, 4) is 17.6 Å². The quantitative estimate of drug-likeness (QED) is 0.558. The van der Waals surface area contributed by atoms with Gasteiger partial charge in [0.1, 0.15) is 16.7 Å². The summed E-state index contributed by atoms with van der Waals surface area (Å²) >= 11 is 0. The molecular formula is C29H38N2O5S. The normalized spacial score (nSPS) is 20.0. The highest BCUT2D eigenvalue weighted by atomic mass is 32.2. The Balaban J connectivity index is 1.95. The highest BCUT2D eigenvalue weighted by Crippen LogP contribution is 2.34. The predicted molar refractivity (Wildman–Crippen MR) is 145 cm³/mol. The summed E-state index contributed by atoms with van der Waals surface area (Å²) in [5, 5.41) is 9.82. The average molecular weight is 527 g/mol. The third kappa shape index (κ3) is 7.35. The van der Waals surface area contributed by atoms with Gasteiger partial charge in [0.25, 0.3) is 0 Å². The van der Waals surface area contributed by atoms with Crippen molar-refractivity contribution < 1.29 is 23.1 Å². The maximum Gasteiger partial charge on any atom is 0.247 e. The molecule has 0 spiro atoms. The number of rotatable bonds is 7. The minimum absolute atomic E-state index is 0.0392. The fraction of sp³-hybridized carbons (Fsp3) is 0.483. The van der Waals surface area contributed by atoms with Crippen molar-refractivity contribution in [3.05, 3.63) is 59.7 Å². The lowest BCUT2D eigenvalue weighted by molar-refractivity contribution is -0.130. The summed E-state index contributed by atoms with van der Waals surface area (Å²) in [6.45, 7) is 7.91. The largest absolute Gasteiger partial charge is 0.487 e. The standard InChI is InChI=1S/C29H38N2O5S/c1-21(2)10-9-13-25-14-15-28-26(16-25)36-27(22(3)18-31(23(4)20-32)37(28,34)35)19-30(5)29(33)17-24-11-7-6-8-12-24/h6-8,11-12,14-16,21-23,27,32H,10,17-20H2,1-5H3/t22-,23+,27-/m0/s1. The maximum atomic E-state index is 13.6. The van der Waals surface area contributed by atoms with Crippen molar-refractivity contribution in [3.63, 3.8) is 0 Å². The van der Waals surface area contributed by atoms with E-state index in [-0.39, 0.29) is 48.6 Å². The minimum atomic E-state index is -3.93. The van der Waals surface area contributed by atoms with Crippen LogP contribution in [0.2, 0.25) is 0 Å². The number of hydrogen-bond donors (Lipinski definition) is 1. The molecule has 0 radical (unpaired) electrons. The number of carbonyl (C=O) groups excluding carboxylic acids is 1. The van der Waals surface area contributed by atoms with Crippen molar-refractivity contribution in [1.29, 1.82) is 0 Å². The third-order valence-corrected chi connectivity index (χ3v) is 8.51. The van der Waals surface area contributed by atoms with Crippen LogP contribution < -0.4 is 4.74 Å². The molecule has 1 N–H and O–H groups in total. The van der Waals surface area contributed by atoms with Gasteiger partial charge in [-0.2, -0.15) is 4.31 Å². The molecule has 1 heterocycles. The van der Waals surface area contributed by atoms with Gasteiger partial charge in [0.05, 0.1) is 19.6 Å². The van der Waals surface area contributed by atoms with E-state index in [0.29, 0.717) is 11.5 Å². The Morgan fingerprint density at radius 3 is 2.54 bits per heavy atom. The van der Waals surface area contributed by atoms with Gasteiger partial charge in [0, 0.05) is 37.5 Å². The molecule has 7 nitrogen and oxygen atoms in total. The van der Waals surface area contributed by atoms with Crippen molar-refractivity contribution in [2.75, 3.05) is 26.7 Å². The van der Waals surface area contributed by atoms with Gasteiger partial charge in [-0.1, -0.05) is 62.9 Å². The topological polar surface area (TPSA) is 87.2 Å². The number of fused-ring (bicyclic) bond motifs is 1. The molecule has 1 aliphatic rings. The molecule has 0 bridgehead atoms. The monoisotopic (exact) mass is 526 g/mol. The fourth-order valence-corrected chi connectivity index (χ4v) is 5.98. The lowest BCUT2D eigenvalue weighted by atomic mass is 10.0. The Kier molecular flexibility index (Phi) is 9.77. The predicted octanol–water partition coefficient (Wildman–Crippen LogP) is 3.55. The Bertz CT molecular complexity index is 1230. The molecule has 0 unspecified atom stereocenters. The number of amides is 1. The number of benzene rings is 2. The van der Waals surface area contributed by atoms with Crippen LogP contribution in [-0.4, -0.2) is 67.5 Å². The smallest absolute Gasteiger partial charge is 0.247 e. The van der Waals surface area contributed by atoms with Gasteiger partial charge < -0.3 is 14.7 Å². The fourth-order valence-electron chi connectivity index (χ4n) is 4.16. The summed E-state index contributed by atoms with van der Waals surface area (Å²) in [4.78, 5) is 14.6. The average Bonchev–Trinajstić information content (AvgIpc) is 2.86. The van der Waals surface area contributed by atoms with Gasteiger partial charge in [-0.05, 0) is 36.6 Å². The van der Waals surface area contributed by atoms with Crippen LogP contribution in [0.3, 0.4) is 0 Å². The van der Waals surface area contributed by atoms with Crippen molar-refractivity contribution in [1.82, 2.24) is 9.21 Å². The Hall–Kier alpha value is -2.86. The molecule has 2 aromatic rings. The van der Waals surface area contributed by atoms with Crippen LogP contribution in [0.25, 0.3) is 0 Å². The van der Waals surface area contributed by atoms with Gasteiger partial charge in [-0.25, -0.2) is 8.42 Å². The second kappa shape index (κ2) is 12.6. The first kappa shape index (κ1) is 28.7. The third-order valence-electron chi connectivity index (χ3n) is 6.49. The van der Waals surface area contributed by atoms with Crippen LogP contribution in [0.5, 0.6) is 5.75 Å². The van der Waals surface area contributed by atoms with E-state index in [0.717, 1.165) is 12.0 Å². The van der Waals surface area contributed by atoms with Crippen LogP contribution >= 0.6 is 0 Å². The number of aliphatic hydroxyl groups excluding tert-OH is 1. The number of ether oxygens (including phenoxy) is 1. The molecule has 37 heavy (non-hydrogen) atoms. The molecule has 1 amide bonds. The number of likely N-dealkylation sites (N-methyl/N-ethyl adjacent to an activating group) is 1. The Morgan fingerprint density at radius 1 is 1.19 bits per heavy atom. The van der Waals surface area contributed by atoms with Crippen LogP contribution in [0, 0.1) is 23.7 Å². The van der Waals surface area contributed by atoms with Gasteiger partial charge in [-0.15, -0.1) is 0 Å². The SMILES string of the molecule is CC(C)CC#Cc1ccc2c(c1)O[C@@H](CN(C)C(=O)Cc1ccccc1)[C@@H](C)CN([C@H](C)CO)S2(=O)=O. The van der Waals surface area contributed by atoms with E-state index in [1.807, 2.05) is 37.3 Å². The van der Waals surface area contributed by atoms with Gasteiger partial charge in [0.15, 0.2) is 0 Å². The molecule has 200 valence electrons.